The Morgan fingerprint density at radius 3 is 2.67 bits per heavy atom. The number of hydrogen-bond donors (Lipinski definition) is 2. The van der Waals surface area contributed by atoms with Gasteiger partial charge in [-0.15, -0.1) is 24.8 Å². The van der Waals surface area contributed by atoms with Gasteiger partial charge in [0.15, 0.2) is 0 Å². The minimum Gasteiger partial charge on any atom is -0.376 e. The van der Waals surface area contributed by atoms with Gasteiger partial charge in [-0.2, -0.15) is 0 Å². The van der Waals surface area contributed by atoms with Crippen LogP contribution in [0.3, 0.4) is 0 Å². The van der Waals surface area contributed by atoms with Gasteiger partial charge in [-0.25, -0.2) is 0 Å². The number of hydrogen-bond acceptors (Lipinski definition) is 3. The smallest absolute Gasteiger partial charge is 0.228 e. The number of nitrogens with one attached hydrogen (secondary N) is 2. The van der Waals surface area contributed by atoms with E-state index in [1.807, 2.05) is 31.1 Å². The minimum absolute atomic E-state index is 0. The van der Waals surface area contributed by atoms with Gasteiger partial charge in [0.1, 0.15) is 0 Å². The number of amides is 1. The predicted octanol–water partition coefficient (Wildman–Crippen LogP) is 3.19. The Hall–Kier alpha value is -0.680. The molecule has 4 nitrogen and oxygen atoms in total. The maximum absolute atomic E-state index is 12.2. The van der Waals surface area contributed by atoms with Crippen LogP contribution in [0, 0.1) is 5.92 Å². The Morgan fingerprint density at radius 2 is 2.10 bits per heavy atom. The second kappa shape index (κ2) is 9.36. The number of piperidine rings is 1. The zero-order valence-electron chi connectivity index (χ0n) is 12.2. The fourth-order valence-electron chi connectivity index (χ4n) is 2.31. The highest BCUT2D eigenvalue weighted by atomic mass is 35.5. The summed E-state index contributed by atoms with van der Waals surface area (Å²) in [6, 6.07) is 5.54. The average Bonchev–Trinajstić information content (AvgIpc) is 2.39. The molecule has 2 rings (SSSR count). The lowest BCUT2D eigenvalue weighted by Gasteiger charge is -2.24. The van der Waals surface area contributed by atoms with Gasteiger partial charge in [-0.3, -0.25) is 4.79 Å². The summed E-state index contributed by atoms with van der Waals surface area (Å²) in [7, 11) is 3.89. The lowest BCUT2D eigenvalue weighted by Crippen LogP contribution is -2.37. The SMILES string of the molecule is CN(C)c1ccc(Cl)cc1NC(=O)C1CCCNC1.Cl.Cl. The molecule has 0 spiro atoms. The number of benzene rings is 1. The van der Waals surface area contributed by atoms with E-state index in [1.54, 1.807) is 6.07 Å². The lowest BCUT2D eigenvalue weighted by molar-refractivity contribution is -0.120. The number of anilines is 2. The van der Waals surface area contributed by atoms with E-state index in [9.17, 15) is 4.79 Å². The fourth-order valence-corrected chi connectivity index (χ4v) is 2.48. The minimum atomic E-state index is 0. The third-order valence-corrected chi connectivity index (χ3v) is 3.60. The summed E-state index contributed by atoms with van der Waals surface area (Å²) in [5.74, 6) is 0.111. The number of rotatable bonds is 3. The van der Waals surface area contributed by atoms with Crippen LogP contribution in [0.2, 0.25) is 5.02 Å². The van der Waals surface area contributed by atoms with E-state index in [4.69, 9.17) is 11.6 Å². The van der Waals surface area contributed by atoms with Crippen molar-refractivity contribution in [2.45, 2.75) is 12.8 Å². The molecule has 0 aromatic heterocycles. The van der Waals surface area contributed by atoms with Crippen LogP contribution in [0.25, 0.3) is 0 Å². The summed E-state index contributed by atoms with van der Waals surface area (Å²) in [4.78, 5) is 14.2. The van der Waals surface area contributed by atoms with E-state index in [2.05, 4.69) is 10.6 Å². The van der Waals surface area contributed by atoms with Gasteiger partial charge in [-0.05, 0) is 37.6 Å². The molecule has 0 radical (unpaired) electrons. The van der Waals surface area contributed by atoms with Gasteiger partial charge in [0.2, 0.25) is 5.91 Å². The number of nitrogens with zero attached hydrogens (tertiary/aromatic N) is 1. The van der Waals surface area contributed by atoms with E-state index in [0.717, 1.165) is 37.3 Å². The van der Waals surface area contributed by atoms with Crippen LogP contribution >= 0.6 is 36.4 Å². The van der Waals surface area contributed by atoms with Crippen LogP contribution in [-0.4, -0.2) is 33.1 Å². The molecular formula is C14H22Cl3N3O. The molecule has 1 fully saturated rings. The van der Waals surface area contributed by atoms with E-state index >= 15 is 0 Å². The first-order valence-corrected chi connectivity index (χ1v) is 6.94. The van der Waals surface area contributed by atoms with E-state index < -0.39 is 0 Å². The molecule has 2 N–H and O–H groups in total. The van der Waals surface area contributed by atoms with Crippen molar-refractivity contribution in [2.24, 2.45) is 5.92 Å². The largest absolute Gasteiger partial charge is 0.376 e. The van der Waals surface area contributed by atoms with Crippen LogP contribution in [0.5, 0.6) is 0 Å². The number of halogens is 3. The average molecular weight is 355 g/mol. The summed E-state index contributed by atoms with van der Waals surface area (Å²) < 4.78 is 0. The summed E-state index contributed by atoms with van der Waals surface area (Å²) in [5.41, 5.74) is 1.73. The molecule has 120 valence electrons. The summed E-state index contributed by atoms with van der Waals surface area (Å²) in [6.07, 6.45) is 1.99. The molecule has 0 saturated carbocycles. The van der Waals surface area contributed by atoms with Crippen molar-refractivity contribution in [1.29, 1.82) is 0 Å². The van der Waals surface area contributed by atoms with Gasteiger partial charge < -0.3 is 15.5 Å². The first-order valence-electron chi connectivity index (χ1n) is 6.56. The molecule has 1 saturated heterocycles. The predicted molar refractivity (Wildman–Crippen MR) is 94.5 cm³/mol. The van der Waals surface area contributed by atoms with Crippen LogP contribution in [0.1, 0.15) is 12.8 Å². The molecule has 1 amide bonds. The molecule has 1 aliphatic heterocycles. The summed E-state index contributed by atoms with van der Waals surface area (Å²) in [6.45, 7) is 1.76. The Balaban J connectivity index is 0.00000200. The van der Waals surface area contributed by atoms with Gasteiger partial charge in [-0.1, -0.05) is 11.6 Å². The fraction of sp³-hybridized carbons (Fsp3) is 0.500. The van der Waals surface area contributed by atoms with Crippen LogP contribution in [-0.2, 0) is 4.79 Å². The molecular weight excluding hydrogens is 333 g/mol. The summed E-state index contributed by atoms with van der Waals surface area (Å²) >= 11 is 6.01. The highest BCUT2D eigenvalue weighted by molar-refractivity contribution is 6.31. The molecule has 0 bridgehead atoms. The molecule has 1 aliphatic rings. The van der Waals surface area contributed by atoms with Crippen molar-refractivity contribution >= 4 is 53.7 Å². The standard InChI is InChI=1S/C14H20ClN3O.2ClH/c1-18(2)13-6-5-11(15)8-12(13)17-14(19)10-4-3-7-16-9-10;;/h5-6,8,10,16H,3-4,7,9H2,1-2H3,(H,17,19);2*1H. The van der Waals surface area contributed by atoms with Gasteiger partial charge >= 0.3 is 0 Å². The third-order valence-electron chi connectivity index (χ3n) is 3.37. The first kappa shape index (κ1) is 20.3. The number of carbonyl (C=O) groups is 1. The van der Waals surface area contributed by atoms with Crippen molar-refractivity contribution in [2.75, 3.05) is 37.4 Å². The number of carbonyl (C=O) groups excluding carboxylic acids is 1. The third kappa shape index (κ3) is 5.55. The normalized spacial score (nSPS) is 17.2. The van der Waals surface area contributed by atoms with Gasteiger partial charge in [0, 0.05) is 25.7 Å². The maximum atomic E-state index is 12.2. The summed E-state index contributed by atoms with van der Waals surface area (Å²) in [5, 5.41) is 6.88. The van der Waals surface area contributed by atoms with Crippen molar-refractivity contribution < 1.29 is 4.79 Å². The zero-order chi connectivity index (χ0) is 13.8. The Bertz CT molecular complexity index is 463. The highest BCUT2D eigenvalue weighted by Crippen LogP contribution is 2.28. The molecule has 1 unspecified atom stereocenters. The van der Waals surface area contributed by atoms with Crippen molar-refractivity contribution in [3.05, 3.63) is 23.2 Å². The van der Waals surface area contributed by atoms with Gasteiger partial charge in [0.05, 0.1) is 17.3 Å². The molecule has 1 aromatic rings. The van der Waals surface area contributed by atoms with Crippen LogP contribution < -0.4 is 15.5 Å². The van der Waals surface area contributed by atoms with Crippen molar-refractivity contribution in [1.82, 2.24) is 5.32 Å². The monoisotopic (exact) mass is 353 g/mol. The van der Waals surface area contributed by atoms with E-state index in [-0.39, 0.29) is 36.6 Å². The van der Waals surface area contributed by atoms with Crippen LogP contribution in [0.4, 0.5) is 11.4 Å². The van der Waals surface area contributed by atoms with Crippen molar-refractivity contribution in [3.8, 4) is 0 Å². The second-order valence-corrected chi connectivity index (χ2v) is 5.52. The van der Waals surface area contributed by atoms with Crippen LogP contribution in [0.15, 0.2) is 18.2 Å². The first-order chi connectivity index (χ1) is 9.08. The van der Waals surface area contributed by atoms with Crippen molar-refractivity contribution in [3.63, 3.8) is 0 Å². The Morgan fingerprint density at radius 1 is 1.38 bits per heavy atom. The zero-order valence-corrected chi connectivity index (χ0v) is 14.6. The quantitative estimate of drug-likeness (QED) is 0.876. The molecule has 1 heterocycles. The van der Waals surface area contributed by atoms with E-state index in [1.165, 1.54) is 0 Å². The molecule has 21 heavy (non-hydrogen) atoms. The lowest BCUT2D eigenvalue weighted by atomic mass is 9.98. The molecule has 1 atom stereocenters. The highest BCUT2D eigenvalue weighted by Gasteiger charge is 2.21. The Kier molecular flexibility index (Phi) is 9.06. The Labute approximate surface area is 143 Å². The maximum Gasteiger partial charge on any atom is 0.228 e. The molecule has 1 aromatic carbocycles. The second-order valence-electron chi connectivity index (χ2n) is 5.09. The molecule has 0 aliphatic carbocycles. The van der Waals surface area contributed by atoms with Gasteiger partial charge in [0.25, 0.3) is 0 Å². The topological polar surface area (TPSA) is 44.4 Å². The van der Waals surface area contributed by atoms with E-state index in [0.29, 0.717) is 5.02 Å². The molecule has 7 heteroatoms.